The summed E-state index contributed by atoms with van der Waals surface area (Å²) in [7, 11) is 0. The molecule has 15 heavy (non-hydrogen) atoms. The maximum atomic E-state index is 3.67. The van der Waals surface area contributed by atoms with Gasteiger partial charge in [-0.05, 0) is 46.6 Å². The van der Waals surface area contributed by atoms with Crippen molar-refractivity contribution < 1.29 is 0 Å². The summed E-state index contributed by atoms with van der Waals surface area (Å²) in [4.78, 5) is 2.60. The van der Waals surface area contributed by atoms with Crippen LogP contribution in [0.15, 0.2) is 0 Å². The molecule has 0 aliphatic carbocycles. The van der Waals surface area contributed by atoms with Crippen molar-refractivity contribution in [2.24, 2.45) is 0 Å². The Morgan fingerprint density at radius 1 is 1.20 bits per heavy atom. The van der Waals surface area contributed by atoms with E-state index < -0.39 is 0 Å². The third-order valence-electron chi connectivity index (χ3n) is 3.41. The van der Waals surface area contributed by atoms with Gasteiger partial charge in [0.1, 0.15) is 0 Å². The first-order valence-corrected chi connectivity index (χ1v) is 6.52. The fourth-order valence-corrected chi connectivity index (χ4v) is 2.24. The van der Waals surface area contributed by atoms with E-state index in [4.69, 9.17) is 0 Å². The van der Waals surface area contributed by atoms with Crippen molar-refractivity contribution >= 4 is 0 Å². The molecule has 0 spiro atoms. The van der Waals surface area contributed by atoms with E-state index in [0.717, 1.165) is 6.04 Å². The Balaban J connectivity index is 2.18. The fraction of sp³-hybridized carbons (Fsp3) is 1.00. The monoisotopic (exact) mass is 212 g/mol. The molecule has 1 fully saturated rings. The second-order valence-electron chi connectivity index (χ2n) is 5.74. The molecule has 0 bridgehead atoms. The molecule has 0 aromatic carbocycles. The molecule has 0 aromatic rings. The zero-order chi connectivity index (χ0) is 11.3. The largest absolute Gasteiger partial charge is 0.314 e. The molecule has 1 aliphatic rings. The number of hydrogen-bond donors (Lipinski definition) is 1. The van der Waals surface area contributed by atoms with Gasteiger partial charge in [0.25, 0.3) is 0 Å². The lowest BCUT2D eigenvalue weighted by Gasteiger charge is -2.41. The highest BCUT2D eigenvalue weighted by atomic mass is 15.2. The smallest absolute Gasteiger partial charge is 0.0125 e. The SMILES string of the molecule is CCCCNC1CCN(C(C)(C)C)CC1. The standard InChI is InChI=1S/C13H28N2/c1-5-6-9-14-12-7-10-15(11-8-12)13(2,3)4/h12,14H,5-11H2,1-4H3. The average molecular weight is 212 g/mol. The highest BCUT2D eigenvalue weighted by Crippen LogP contribution is 2.19. The van der Waals surface area contributed by atoms with Crippen LogP contribution < -0.4 is 5.32 Å². The van der Waals surface area contributed by atoms with E-state index in [1.807, 2.05) is 0 Å². The van der Waals surface area contributed by atoms with Crippen LogP contribution in [0.25, 0.3) is 0 Å². The van der Waals surface area contributed by atoms with Crippen LogP contribution in [0.3, 0.4) is 0 Å². The first kappa shape index (κ1) is 13.0. The second-order valence-corrected chi connectivity index (χ2v) is 5.74. The van der Waals surface area contributed by atoms with Crippen LogP contribution in [0.2, 0.25) is 0 Å². The third kappa shape index (κ3) is 4.52. The lowest BCUT2D eigenvalue weighted by atomic mass is 9.98. The zero-order valence-corrected chi connectivity index (χ0v) is 11.0. The molecular formula is C13H28N2. The molecule has 2 heteroatoms. The number of likely N-dealkylation sites (tertiary alicyclic amines) is 1. The molecule has 1 aliphatic heterocycles. The molecule has 1 N–H and O–H groups in total. The minimum Gasteiger partial charge on any atom is -0.314 e. The molecule has 1 heterocycles. The van der Waals surface area contributed by atoms with E-state index in [0.29, 0.717) is 5.54 Å². The van der Waals surface area contributed by atoms with Gasteiger partial charge >= 0.3 is 0 Å². The zero-order valence-electron chi connectivity index (χ0n) is 11.0. The maximum absolute atomic E-state index is 3.67. The molecule has 0 atom stereocenters. The molecule has 90 valence electrons. The summed E-state index contributed by atoms with van der Waals surface area (Å²) in [5.74, 6) is 0. The van der Waals surface area contributed by atoms with Crippen molar-refractivity contribution in [3.63, 3.8) is 0 Å². The summed E-state index contributed by atoms with van der Waals surface area (Å²) in [5, 5.41) is 3.67. The summed E-state index contributed by atoms with van der Waals surface area (Å²) in [6, 6.07) is 0.773. The Bertz CT molecular complexity index is 164. The van der Waals surface area contributed by atoms with Crippen LogP contribution in [0.4, 0.5) is 0 Å². The van der Waals surface area contributed by atoms with Gasteiger partial charge in [-0.3, -0.25) is 4.90 Å². The Morgan fingerprint density at radius 3 is 2.27 bits per heavy atom. The highest BCUT2D eigenvalue weighted by molar-refractivity contribution is 4.84. The first-order valence-electron chi connectivity index (χ1n) is 6.52. The number of unbranched alkanes of at least 4 members (excludes halogenated alkanes) is 1. The predicted molar refractivity (Wildman–Crippen MR) is 67.3 cm³/mol. The Morgan fingerprint density at radius 2 is 1.80 bits per heavy atom. The second kappa shape index (κ2) is 5.86. The van der Waals surface area contributed by atoms with Gasteiger partial charge in [-0.15, -0.1) is 0 Å². The van der Waals surface area contributed by atoms with Gasteiger partial charge in [-0.25, -0.2) is 0 Å². The lowest BCUT2D eigenvalue weighted by molar-refractivity contribution is 0.0963. The molecule has 0 saturated carbocycles. The number of nitrogens with one attached hydrogen (secondary N) is 1. The van der Waals surface area contributed by atoms with Crippen molar-refractivity contribution in [1.29, 1.82) is 0 Å². The van der Waals surface area contributed by atoms with E-state index in [-0.39, 0.29) is 0 Å². The van der Waals surface area contributed by atoms with E-state index in [1.54, 1.807) is 0 Å². The average Bonchev–Trinajstić information content (AvgIpc) is 2.18. The van der Waals surface area contributed by atoms with Crippen molar-refractivity contribution in [3.8, 4) is 0 Å². The summed E-state index contributed by atoms with van der Waals surface area (Å²) in [6.45, 7) is 12.9. The van der Waals surface area contributed by atoms with E-state index in [2.05, 4.69) is 37.9 Å². The number of hydrogen-bond acceptors (Lipinski definition) is 2. The van der Waals surface area contributed by atoms with Crippen molar-refractivity contribution in [2.75, 3.05) is 19.6 Å². The number of piperidine rings is 1. The summed E-state index contributed by atoms with van der Waals surface area (Å²) in [6.07, 6.45) is 5.26. The fourth-order valence-electron chi connectivity index (χ4n) is 2.24. The van der Waals surface area contributed by atoms with Gasteiger partial charge in [0.15, 0.2) is 0 Å². The number of rotatable bonds is 4. The quantitative estimate of drug-likeness (QED) is 0.721. The van der Waals surface area contributed by atoms with Crippen molar-refractivity contribution in [1.82, 2.24) is 10.2 Å². The van der Waals surface area contributed by atoms with Crippen molar-refractivity contribution in [2.45, 2.75) is 65.0 Å². The van der Waals surface area contributed by atoms with Crippen LogP contribution in [0.5, 0.6) is 0 Å². The third-order valence-corrected chi connectivity index (χ3v) is 3.41. The Hall–Kier alpha value is -0.0800. The molecular weight excluding hydrogens is 184 g/mol. The molecule has 0 aromatic heterocycles. The van der Waals surface area contributed by atoms with Crippen LogP contribution >= 0.6 is 0 Å². The predicted octanol–water partition coefficient (Wildman–Crippen LogP) is 2.64. The topological polar surface area (TPSA) is 15.3 Å². The minimum atomic E-state index is 0.356. The Labute approximate surface area is 95.4 Å². The van der Waals surface area contributed by atoms with E-state index in [9.17, 15) is 0 Å². The Kier molecular flexibility index (Phi) is 5.07. The maximum Gasteiger partial charge on any atom is 0.0125 e. The summed E-state index contributed by atoms with van der Waals surface area (Å²) in [5.41, 5.74) is 0.356. The number of nitrogens with zero attached hydrogens (tertiary/aromatic N) is 1. The van der Waals surface area contributed by atoms with Crippen LogP contribution in [0, 0.1) is 0 Å². The van der Waals surface area contributed by atoms with Gasteiger partial charge in [0.05, 0.1) is 0 Å². The van der Waals surface area contributed by atoms with Crippen molar-refractivity contribution in [3.05, 3.63) is 0 Å². The van der Waals surface area contributed by atoms with Gasteiger partial charge in [0.2, 0.25) is 0 Å². The molecule has 0 unspecified atom stereocenters. The molecule has 2 nitrogen and oxygen atoms in total. The van der Waals surface area contributed by atoms with E-state index in [1.165, 1.54) is 45.3 Å². The summed E-state index contributed by atoms with van der Waals surface area (Å²) >= 11 is 0. The molecule has 1 saturated heterocycles. The van der Waals surface area contributed by atoms with Crippen LogP contribution in [-0.4, -0.2) is 36.1 Å². The molecule has 1 rings (SSSR count). The van der Waals surface area contributed by atoms with Gasteiger partial charge < -0.3 is 5.32 Å². The van der Waals surface area contributed by atoms with Gasteiger partial charge in [-0.2, -0.15) is 0 Å². The molecule has 0 radical (unpaired) electrons. The van der Waals surface area contributed by atoms with Gasteiger partial charge in [-0.1, -0.05) is 13.3 Å². The van der Waals surface area contributed by atoms with Crippen LogP contribution in [-0.2, 0) is 0 Å². The van der Waals surface area contributed by atoms with Gasteiger partial charge in [0, 0.05) is 24.7 Å². The first-order chi connectivity index (χ1) is 7.04. The minimum absolute atomic E-state index is 0.356. The normalized spacial score (nSPS) is 20.8. The molecule has 0 amide bonds. The summed E-state index contributed by atoms with van der Waals surface area (Å²) < 4.78 is 0. The highest BCUT2D eigenvalue weighted by Gasteiger charge is 2.26. The van der Waals surface area contributed by atoms with Crippen LogP contribution in [0.1, 0.15) is 53.4 Å². The van der Waals surface area contributed by atoms with E-state index >= 15 is 0 Å². The lowest BCUT2D eigenvalue weighted by Crippen LogP contribution is -2.50.